The first kappa shape index (κ1) is 27.1. The zero-order chi connectivity index (χ0) is 28.8. The van der Waals surface area contributed by atoms with Crippen LogP contribution >= 0.6 is 0 Å². The third-order valence-electron chi connectivity index (χ3n) is 7.37. The van der Waals surface area contributed by atoms with Crippen LogP contribution in [-0.4, -0.2) is 44.4 Å². The average molecular weight is 541 g/mol. The number of ether oxygens (including phenoxy) is 1. The van der Waals surface area contributed by atoms with E-state index in [9.17, 15) is 14.4 Å². The summed E-state index contributed by atoms with van der Waals surface area (Å²) < 4.78 is 22.5. The second kappa shape index (κ2) is 10.3. The molecule has 8 nitrogen and oxygen atoms in total. The maximum absolute atomic E-state index is 15.0. The molecule has 1 amide bonds. The second-order valence-corrected chi connectivity index (χ2v) is 11.4. The molecule has 0 spiro atoms. The van der Waals surface area contributed by atoms with Gasteiger partial charge in [-0.25, -0.2) is 14.2 Å². The van der Waals surface area contributed by atoms with Crippen LogP contribution in [0.15, 0.2) is 42.7 Å². The van der Waals surface area contributed by atoms with Gasteiger partial charge in [0.15, 0.2) is 0 Å². The number of benzene rings is 2. The van der Waals surface area contributed by atoms with Crippen molar-refractivity contribution in [2.24, 2.45) is 0 Å². The number of fused-ring (bicyclic) bond motifs is 1. The third kappa shape index (κ3) is 5.09. The number of aromatic nitrogens is 3. The van der Waals surface area contributed by atoms with Gasteiger partial charge in [0, 0.05) is 53.1 Å². The number of amides is 1. The van der Waals surface area contributed by atoms with E-state index >= 15 is 0 Å². The Kier molecular flexibility index (Phi) is 6.96. The minimum absolute atomic E-state index is 0.126. The highest BCUT2D eigenvalue weighted by Crippen LogP contribution is 2.39. The van der Waals surface area contributed by atoms with Gasteiger partial charge in [0.2, 0.25) is 0 Å². The fourth-order valence-corrected chi connectivity index (χ4v) is 5.37. The lowest BCUT2D eigenvalue weighted by Gasteiger charge is -2.33. The summed E-state index contributed by atoms with van der Waals surface area (Å²) in [5, 5.41) is 16.1. The van der Waals surface area contributed by atoms with E-state index in [-0.39, 0.29) is 18.0 Å². The highest BCUT2D eigenvalue weighted by atomic mass is 19.1. The molecular weight excluding hydrogens is 507 g/mol. The Hall–Kier alpha value is -4.45. The molecule has 0 unspecified atom stereocenters. The molecule has 5 rings (SSSR count). The number of aryl methyl sites for hydroxylation is 2. The molecule has 0 radical (unpaired) electrons. The smallest absolute Gasteiger partial charge is 0.410 e. The molecule has 1 aliphatic heterocycles. The molecule has 2 aromatic heterocycles. The minimum atomic E-state index is -0.531. The number of hydrogen-bond acceptors (Lipinski definition) is 6. The number of carbonyl (C=O) groups excluding carboxylic acids is 1. The van der Waals surface area contributed by atoms with Crippen molar-refractivity contribution in [1.29, 1.82) is 5.26 Å². The van der Waals surface area contributed by atoms with Crippen LogP contribution in [0.4, 0.5) is 15.0 Å². The SMILES string of the molecule is Cc1cccc(F)c1-c1cc2c(-c3cn(C4CCN(C(=O)OC(C)(C)C)CC4)nc3C)cnc(N)c2cc1C#N. The van der Waals surface area contributed by atoms with Gasteiger partial charge in [0.05, 0.1) is 23.4 Å². The quantitative estimate of drug-likeness (QED) is 0.316. The van der Waals surface area contributed by atoms with Crippen LogP contribution in [0.3, 0.4) is 0 Å². The van der Waals surface area contributed by atoms with Crippen molar-refractivity contribution in [2.45, 2.75) is 59.1 Å². The van der Waals surface area contributed by atoms with Gasteiger partial charge in [0.1, 0.15) is 17.2 Å². The minimum Gasteiger partial charge on any atom is -0.444 e. The van der Waals surface area contributed by atoms with Crippen molar-refractivity contribution in [3.8, 4) is 28.3 Å². The lowest BCUT2D eigenvalue weighted by atomic mass is 9.91. The van der Waals surface area contributed by atoms with Gasteiger partial charge in [-0.2, -0.15) is 10.4 Å². The van der Waals surface area contributed by atoms with Gasteiger partial charge in [-0.1, -0.05) is 12.1 Å². The molecule has 0 saturated carbocycles. The molecule has 2 aromatic carbocycles. The monoisotopic (exact) mass is 540 g/mol. The Morgan fingerprint density at radius 2 is 1.85 bits per heavy atom. The van der Waals surface area contributed by atoms with Crippen molar-refractivity contribution in [3.05, 3.63) is 65.4 Å². The Balaban J connectivity index is 1.52. The van der Waals surface area contributed by atoms with Crippen LogP contribution in [0.2, 0.25) is 0 Å². The van der Waals surface area contributed by atoms with Crippen LogP contribution in [0.5, 0.6) is 0 Å². The summed E-state index contributed by atoms with van der Waals surface area (Å²) in [5.74, 6) is -0.0900. The highest BCUT2D eigenvalue weighted by molar-refractivity contribution is 6.04. The Labute approximate surface area is 233 Å². The lowest BCUT2D eigenvalue weighted by molar-refractivity contribution is 0.0184. The first-order valence-electron chi connectivity index (χ1n) is 13.4. The van der Waals surface area contributed by atoms with Crippen molar-refractivity contribution >= 4 is 22.7 Å². The van der Waals surface area contributed by atoms with E-state index in [0.717, 1.165) is 40.6 Å². The summed E-state index contributed by atoms with van der Waals surface area (Å²) in [7, 11) is 0. The number of hydrogen-bond donors (Lipinski definition) is 1. The average Bonchev–Trinajstić information content (AvgIpc) is 3.29. The molecular formula is C31H33FN6O2. The molecule has 4 aromatic rings. The fraction of sp³-hybridized carbons (Fsp3) is 0.355. The molecule has 0 bridgehead atoms. The molecule has 2 N–H and O–H groups in total. The predicted octanol–water partition coefficient (Wildman–Crippen LogP) is 6.55. The normalized spacial score (nSPS) is 14.4. The molecule has 1 fully saturated rings. The molecule has 9 heteroatoms. The van der Waals surface area contributed by atoms with Crippen LogP contribution in [-0.2, 0) is 4.74 Å². The van der Waals surface area contributed by atoms with Crippen molar-refractivity contribution < 1.29 is 13.9 Å². The number of halogens is 1. The van der Waals surface area contributed by atoms with Gasteiger partial charge < -0.3 is 15.4 Å². The summed E-state index contributed by atoms with van der Waals surface area (Å²) in [6, 6.07) is 10.7. The summed E-state index contributed by atoms with van der Waals surface area (Å²) in [4.78, 5) is 18.7. The number of anilines is 1. The Morgan fingerprint density at radius 3 is 2.50 bits per heavy atom. The first-order valence-corrected chi connectivity index (χ1v) is 13.4. The third-order valence-corrected chi connectivity index (χ3v) is 7.37. The second-order valence-electron chi connectivity index (χ2n) is 11.4. The maximum Gasteiger partial charge on any atom is 0.410 e. The van der Waals surface area contributed by atoms with E-state index in [4.69, 9.17) is 15.6 Å². The molecule has 206 valence electrons. The standard InChI is InChI=1S/C31H33FN6O2/c1-18-7-6-8-27(32)28(18)22-14-23-24(13-20(22)15-33)29(34)35-16-25(23)26-17-38(36-19(26)2)21-9-11-37(12-10-21)30(39)40-31(3,4)5/h6-8,13-14,16-17,21H,9-12H2,1-5H3,(H2,34,35). The van der Waals surface area contributed by atoms with Gasteiger partial charge in [-0.05, 0) is 76.6 Å². The number of rotatable bonds is 3. The molecule has 0 aliphatic carbocycles. The van der Waals surface area contributed by atoms with Crippen LogP contribution in [0.1, 0.15) is 56.5 Å². The zero-order valence-electron chi connectivity index (χ0n) is 23.5. The number of nitrogens with zero attached hydrogens (tertiary/aromatic N) is 5. The molecule has 3 heterocycles. The number of nitriles is 1. The Bertz CT molecular complexity index is 1640. The van der Waals surface area contributed by atoms with Crippen molar-refractivity contribution in [2.75, 3.05) is 18.8 Å². The van der Waals surface area contributed by atoms with Crippen LogP contribution < -0.4 is 5.73 Å². The fourth-order valence-electron chi connectivity index (χ4n) is 5.37. The predicted molar refractivity (Wildman–Crippen MR) is 153 cm³/mol. The van der Waals surface area contributed by atoms with Gasteiger partial charge >= 0.3 is 6.09 Å². The van der Waals surface area contributed by atoms with Crippen LogP contribution in [0, 0.1) is 31.0 Å². The summed E-state index contributed by atoms with van der Waals surface area (Å²) in [6.07, 6.45) is 4.93. The topological polar surface area (TPSA) is 110 Å². The summed E-state index contributed by atoms with van der Waals surface area (Å²) in [5.41, 5.74) is 10.2. The highest BCUT2D eigenvalue weighted by Gasteiger charge is 2.28. The maximum atomic E-state index is 15.0. The van der Waals surface area contributed by atoms with Crippen molar-refractivity contribution in [3.63, 3.8) is 0 Å². The number of nitrogens with two attached hydrogens (primary N) is 1. The van der Waals surface area contributed by atoms with E-state index in [2.05, 4.69) is 11.1 Å². The van der Waals surface area contributed by atoms with E-state index in [0.29, 0.717) is 41.0 Å². The number of carbonyl (C=O) groups is 1. The number of piperidine rings is 1. The number of nitrogen functional groups attached to an aromatic ring is 1. The van der Waals surface area contributed by atoms with E-state index in [1.165, 1.54) is 6.07 Å². The number of likely N-dealkylation sites (tertiary alicyclic amines) is 1. The molecule has 1 saturated heterocycles. The molecule has 0 atom stereocenters. The van der Waals surface area contributed by atoms with Gasteiger partial charge in [-0.15, -0.1) is 0 Å². The lowest BCUT2D eigenvalue weighted by Crippen LogP contribution is -2.42. The van der Waals surface area contributed by atoms with Crippen LogP contribution in [0.25, 0.3) is 33.0 Å². The molecule has 1 aliphatic rings. The summed E-state index contributed by atoms with van der Waals surface area (Å²) in [6.45, 7) is 10.5. The first-order chi connectivity index (χ1) is 19.0. The van der Waals surface area contributed by atoms with Gasteiger partial charge in [-0.3, -0.25) is 4.68 Å². The molecule has 40 heavy (non-hydrogen) atoms. The van der Waals surface area contributed by atoms with Gasteiger partial charge in [0.25, 0.3) is 0 Å². The van der Waals surface area contributed by atoms with E-state index < -0.39 is 5.60 Å². The zero-order valence-corrected chi connectivity index (χ0v) is 23.5. The van der Waals surface area contributed by atoms with E-state index in [1.54, 1.807) is 23.2 Å². The summed E-state index contributed by atoms with van der Waals surface area (Å²) >= 11 is 0. The van der Waals surface area contributed by atoms with Crippen molar-refractivity contribution in [1.82, 2.24) is 19.7 Å². The Morgan fingerprint density at radius 1 is 1.12 bits per heavy atom. The number of pyridine rings is 1. The largest absolute Gasteiger partial charge is 0.444 e. The van der Waals surface area contributed by atoms with E-state index in [1.807, 2.05) is 57.6 Å².